The van der Waals surface area contributed by atoms with Crippen LogP contribution in [0.4, 0.5) is 0 Å². The number of phenolic OH excluding ortho intramolecular Hbond substituents is 6. The molecule has 8 nitrogen and oxygen atoms in total. The third kappa shape index (κ3) is 3.22. The minimum absolute atomic E-state index is 0.157. The molecule has 0 aliphatic carbocycles. The molecule has 0 aliphatic rings. The van der Waals surface area contributed by atoms with Crippen LogP contribution < -0.4 is 0 Å². The van der Waals surface area contributed by atoms with Crippen molar-refractivity contribution in [2.45, 2.75) is 12.5 Å². The number of aliphatic hydroxyl groups is 1. The Balaban J connectivity index is 2.28. The number of aromatic hydroxyl groups is 6. The lowest BCUT2D eigenvalue weighted by Crippen LogP contribution is -2.23. The second kappa shape index (κ2) is 5.93. The van der Waals surface area contributed by atoms with Crippen LogP contribution in [0.15, 0.2) is 24.3 Å². The minimum atomic E-state index is -1.71. The topological polar surface area (TPSA) is 159 Å². The van der Waals surface area contributed by atoms with Gasteiger partial charge in [-0.3, -0.25) is 4.79 Å². The number of aliphatic hydroxyl groups excluding tert-OH is 1. The van der Waals surface area contributed by atoms with Gasteiger partial charge in [-0.15, -0.1) is 0 Å². The van der Waals surface area contributed by atoms with Crippen molar-refractivity contribution in [2.75, 3.05) is 0 Å². The summed E-state index contributed by atoms with van der Waals surface area (Å²) < 4.78 is 0. The van der Waals surface area contributed by atoms with Crippen molar-refractivity contribution in [1.29, 1.82) is 0 Å². The van der Waals surface area contributed by atoms with E-state index >= 15 is 0 Å². The number of phenols is 6. The van der Waals surface area contributed by atoms with Crippen LogP contribution in [0, 0.1) is 0 Å². The van der Waals surface area contributed by atoms with Crippen molar-refractivity contribution in [3.8, 4) is 34.5 Å². The maximum Gasteiger partial charge on any atom is 0.200 e. The normalized spacial score (nSPS) is 12.0. The lowest BCUT2D eigenvalue weighted by atomic mass is 9.98. The highest BCUT2D eigenvalue weighted by atomic mass is 16.3. The maximum atomic E-state index is 12.1. The van der Waals surface area contributed by atoms with Crippen LogP contribution in [0.25, 0.3) is 0 Å². The zero-order valence-electron chi connectivity index (χ0n) is 11.6. The van der Waals surface area contributed by atoms with Crippen LogP contribution in [0.5, 0.6) is 34.5 Å². The van der Waals surface area contributed by atoms with Crippen molar-refractivity contribution in [3.05, 3.63) is 35.4 Å². The molecule has 0 heterocycles. The van der Waals surface area contributed by atoms with Crippen molar-refractivity contribution in [2.24, 2.45) is 0 Å². The van der Waals surface area contributed by atoms with Crippen molar-refractivity contribution in [3.63, 3.8) is 0 Å². The number of hydrogen-bond donors (Lipinski definition) is 7. The number of ketones is 1. The standard InChI is InChI=1S/C15H14O8/c16-7-3-9(17)8(10(18)4-7)5-13(21)14(22)6-1-11(19)15(23)12(20)2-6/h1-4,13,16-21,23H,5H2. The largest absolute Gasteiger partial charge is 0.508 e. The third-order valence-corrected chi connectivity index (χ3v) is 3.24. The molecule has 0 amide bonds. The average molecular weight is 322 g/mol. The van der Waals surface area contributed by atoms with Gasteiger partial charge in [-0.25, -0.2) is 0 Å². The summed E-state index contributed by atoms with van der Waals surface area (Å²) in [6.07, 6.45) is -2.18. The summed E-state index contributed by atoms with van der Waals surface area (Å²) in [6, 6.07) is 3.59. The van der Waals surface area contributed by atoms with Gasteiger partial charge in [0.05, 0.1) is 0 Å². The molecule has 0 aromatic heterocycles. The molecule has 2 aromatic rings. The van der Waals surface area contributed by atoms with Gasteiger partial charge in [0.25, 0.3) is 0 Å². The quantitative estimate of drug-likeness (QED) is 0.320. The number of Topliss-reactive ketones (excluding diaryl/α,β-unsaturated/α-hetero) is 1. The molecular weight excluding hydrogens is 308 g/mol. The fourth-order valence-corrected chi connectivity index (χ4v) is 2.06. The first-order chi connectivity index (χ1) is 10.7. The number of carbonyl (C=O) groups is 1. The predicted molar refractivity (Wildman–Crippen MR) is 76.9 cm³/mol. The van der Waals surface area contributed by atoms with E-state index in [4.69, 9.17) is 0 Å². The van der Waals surface area contributed by atoms with Crippen molar-refractivity contribution < 1.29 is 40.5 Å². The molecule has 23 heavy (non-hydrogen) atoms. The van der Waals surface area contributed by atoms with Gasteiger partial charge in [0.1, 0.15) is 23.4 Å². The second-order valence-electron chi connectivity index (χ2n) is 4.91. The molecule has 0 saturated heterocycles. The summed E-state index contributed by atoms with van der Waals surface area (Å²) >= 11 is 0. The molecule has 0 fully saturated rings. The van der Waals surface area contributed by atoms with Gasteiger partial charge in [-0.1, -0.05) is 0 Å². The highest BCUT2D eigenvalue weighted by molar-refractivity contribution is 6.00. The average Bonchev–Trinajstić information content (AvgIpc) is 2.46. The Kier molecular flexibility index (Phi) is 4.19. The zero-order valence-corrected chi connectivity index (χ0v) is 11.6. The van der Waals surface area contributed by atoms with Gasteiger partial charge in [0, 0.05) is 29.7 Å². The Morgan fingerprint density at radius 2 is 1.30 bits per heavy atom. The number of benzene rings is 2. The summed E-state index contributed by atoms with van der Waals surface area (Å²) in [6.45, 7) is 0. The second-order valence-corrected chi connectivity index (χ2v) is 4.91. The molecule has 0 spiro atoms. The van der Waals surface area contributed by atoms with Crippen LogP contribution in [-0.2, 0) is 6.42 Å². The van der Waals surface area contributed by atoms with Gasteiger partial charge >= 0.3 is 0 Å². The van der Waals surface area contributed by atoms with Gasteiger partial charge in [-0.2, -0.15) is 0 Å². The van der Waals surface area contributed by atoms with Crippen LogP contribution in [-0.4, -0.2) is 47.6 Å². The number of carbonyl (C=O) groups excluding carboxylic acids is 1. The van der Waals surface area contributed by atoms with Gasteiger partial charge in [-0.05, 0) is 12.1 Å². The molecular formula is C15H14O8. The van der Waals surface area contributed by atoms with Crippen LogP contribution in [0.3, 0.4) is 0 Å². The molecule has 7 N–H and O–H groups in total. The van der Waals surface area contributed by atoms with Crippen LogP contribution in [0.2, 0.25) is 0 Å². The maximum absolute atomic E-state index is 12.1. The molecule has 122 valence electrons. The molecule has 0 bridgehead atoms. The van der Waals surface area contributed by atoms with Crippen molar-refractivity contribution in [1.82, 2.24) is 0 Å². The molecule has 2 aromatic carbocycles. The first-order valence-corrected chi connectivity index (χ1v) is 6.41. The number of rotatable bonds is 4. The SMILES string of the molecule is O=C(c1cc(O)c(O)c(O)c1)C(O)Cc1c(O)cc(O)cc1O. The van der Waals surface area contributed by atoms with E-state index in [0.29, 0.717) is 0 Å². The van der Waals surface area contributed by atoms with E-state index in [1.54, 1.807) is 0 Å². The third-order valence-electron chi connectivity index (χ3n) is 3.24. The summed E-state index contributed by atoms with van der Waals surface area (Å²) in [5.41, 5.74) is -0.432. The van der Waals surface area contributed by atoms with E-state index in [1.165, 1.54) is 0 Å². The fraction of sp³-hybridized carbons (Fsp3) is 0.133. The van der Waals surface area contributed by atoms with E-state index in [1.807, 2.05) is 0 Å². The van der Waals surface area contributed by atoms with E-state index in [-0.39, 0.29) is 11.1 Å². The Bertz CT molecular complexity index is 722. The van der Waals surface area contributed by atoms with Crippen molar-refractivity contribution >= 4 is 5.78 Å². The number of hydrogen-bond acceptors (Lipinski definition) is 8. The van der Waals surface area contributed by atoms with Gasteiger partial charge in [0.15, 0.2) is 23.0 Å². The fourth-order valence-electron chi connectivity index (χ4n) is 2.06. The van der Waals surface area contributed by atoms with E-state index in [0.717, 1.165) is 24.3 Å². The molecule has 1 atom stereocenters. The lowest BCUT2D eigenvalue weighted by molar-refractivity contribution is 0.0745. The lowest BCUT2D eigenvalue weighted by Gasteiger charge is -2.13. The zero-order chi connectivity index (χ0) is 17.3. The molecule has 2 rings (SSSR count). The first kappa shape index (κ1) is 16.2. The molecule has 8 heteroatoms. The predicted octanol–water partition coefficient (Wildman–Crippen LogP) is 0.706. The first-order valence-electron chi connectivity index (χ1n) is 6.41. The summed E-state index contributed by atoms with van der Waals surface area (Å²) in [7, 11) is 0. The summed E-state index contributed by atoms with van der Waals surface area (Å²) in [5, 5.41) is 66.4. The Labute approximate surface area is 129 Å². The highest BCUT2D eigenvalue weighted by Crippen LogP contribution is 2.36. The Morgan fingerprint density at radius 3 is 1.78 bits per heavy atom. The molecule has 0 saturated carbocycles. The van der Waals surface area contributed by atoms with E-state index in [2.05, 4.69) is 0 Å². The molecule has 0 radical (unpaired) electrons. The molecule has 0 aliphatic heterocycles. The van der Waals surface area contributed by atoms with Crippen LogP contribution in [0.1, 0.15) is 15.9 Å². The Morgan fingerprint density at radius 1 is 0.826 bits per heavy atom. The van der Waals surface area contributed by atoms with Gasteiger partial charge in [0.2, 0.25) is 0 Å². The Hall–Kier alpha value is -3.13. The highest BCUT2D eigenvalue weighted by Gasteiger charge is 2.23. The minimum Gasteiger partial charge on any atom is -0.508 e. The van der Waals surface area contributed by atoms with E-state index < -0.39 is 52.8 Å². The molecule has 1 unspecified atom stereocenters. The summed E-state index contributed by atoms with van der Waals surface area (Å²) in [5.74, 6) is -4.60. The van der Waals surface area contributed by atoms with Gasteiger partial charge < -0.3 is 35.7 Å². The smallest absolute Gasteiger partial charge is 0.200 e. The van der Waals surface area contributed by atoms with Crippen LogP contribution >= 0.6 is 0 Å². The summed E-state index contributed by atoms with van der Waals surface area (Å²) in [4.78, 5) is 12.1. The monoisotopic (exact) mass is 322 g/mol. The van der Waals surface area contributed by atoms with E-state index in [9.17, 15) is 40.5 Å².